The summed E-state index contributed by atoms with van der Waals surface area (Å²) in [6.07, 6.45) is 0.291. The highest BCUT2D eigenvalue weighted by molar-refractivity contribution is 7.13. The topological polar surface area (TPSA) is 151 Å². The van der Waals surface area contributed by atoms with Gasteiger partial charge < -0.3 is 16.0 Å². The fourth-order valence-electron chi connectivity index (χ4n) is 2.25. The molecule has 2 heterocycles. The van der Waals surface area contributed by atoms with Crippen molar-refractivity contribution < 1.29 is 9.72 Å². The summed E-state index contributed by atoms with van der Waals surface area (Å²) in [6, 6.07) is 6.47. The van der Waals surface area contributed by atoms with Gasteiger partial charge in [-0.15, -0.1) is 0 Å². The molecule has 5 N–H and O–H groups in total. The summed E-state index contributed by atoms with van der Waals surface area (Å²) in [5.74, 6) is 0.248. The number of fused-ring (bicyclic) bond motifs is 1. The number of carbonyl (C=O) groups excluding carboxylic acids is 1. The molecule has 128 valence electrons. The molecule has 9 nitrogen and oxygen atoms in total. The van der Waals surface area contributed by atoms with Crippen molar-refractivity contribution in [3.05, 3.63) is 45.3 Å². The molecule has 10 heteroatoms. The lowest BCUT2D eigenvalue weighted by Crippen LogP contribution is -2.27. The first-order valence-corrected chi connectivity index (χ1v) is 8.16. The largest absolute Gasteiger partial charge is 0.388 e. The number of imidazole rings is 1. The van der Waals surface area contributed by atoms with Crippen molar-refractivity contribution in [2.45, 2.75) is 6.42 Å². The molecule has 0 radical (unpaired) electrons. The van der Waals surface area contributed by atoms with E-state index in [-0.39, 0.29) is 16.7 Å². The Morgan fingerprint density at radius 1 is 1.44 bits per heavy atom. The number of rotatable bonds is 6. The fourth-order valence-corrected chi connectivity index (χ4v) is 2.95. The van der Waals surface area contributed by atoms with Crippen LogP contribution in [0.2, 0.25) is 0 Å². The number of hydrogen-bond donors (Lipinski definition) is 4. The Balaban J connectivity index is 1.82. The average Bonchev–Trinajstić information content (AvgIpc) is 3.20. The number of H-pyrrole nitrogens is 1. The zero-order chi connectivity index (χ0) is 18.0. The van der Waals surface area contributed by atoms with Crippen molar-refractivity contribution in [2.24, 2.45) is 5.73 Å². The molecule has 25 heavy (non-hydrogen) atoms. The number of nitrogens with two attached hydrogens (primary N) is 1. The molecular weight excluding hydrogens is 344 g/mol. The van der Waals surface area contributed by atoms with Crippen LogP contribution in [0.25, 0.3) is 22.4 Å². The molecular formula is C15H14N6O3S. The van der Waals surface area contributed by atoms with Crippen molar-refractivity contribution in [3.8, 4) is 11.4 Å². The van der Waals surface area contributed by atoms with Crippen molar-refractivity contribution >= 4 is 39.1 Å². The number of hydrogen-bond acceptors (Lipinski definition) is 6. The van der Waals surface area contributed by atoms with Gasteiger partial charge in [0.05, 0.1) is 21.8 Å². The molecule has 0 fully saturated rings. The highest BCUT2D eigenvalue weighted by Crippen LogP contribution is 2.30. The molecule has 0 aliphatic heterocycles. The average molecular weight is 358 g/mol. The van der Waals surface area contributed by atoms with Gasteiger partial charge in [-0.25, -0.2) is 4.98 Å². The van der Waals surface area contributed by atoms with E-state index in [4.69, 9.17) is 11.1 Å². The quantitative estimate of drug-likeness (QED) is 0.230. The Hall–Kier alpha value is -3.27. The fraction of sp³-hybridized carbons (Fsp3) is 0.133. The standard InChI is InChI=1S/C15H14N6O3S/c16-12(17)3-4-18-15(22)8-1-2-10-11(5-8)20-14(19-10)9-6-13(21(23)24)25-7-9/h1-2,5-7H,3-4H2,(H3,16,17)(H,18,22)(H,19,20). The smallest absolute Gasteiger partial charge is 0.324 e. The van der Waals surface area contributed by atoms with Crippen molar-refractivity contribution in [1.29, 1.82) is 5.41 Å². The first-order valence-electron chi connectivity index (χ1n) is 7.28. The summed E-state index contributed by atoms with van der Waals surface area (Å²) in [5.41, 5.74) is 7.63. The Bertz CT molecular complexity index is 977. The number of amidine groups is 1. The molecule has 0 aliphatic carbocycles. The second kappa shape index (κ2) is 6.69. The van der Waals surface area contributed by atoms with Crippen LogP contribution in [0.4, 0.5) is 5.00 Å². The third-order valence-corrected chi connectivity index (χ3v) is 4.34. The number of aromatic nitrogens is 2. The van der Waals surface area contributed by atoms with Gasteiger partial charge in [0.15, 0.2) is 0 Å². The van der Waals surface area contributed by atoms with Crippen LogP contribution in [0, 0.1) is 15.5 Å². The number of amides is 1. The van der Waals surface area contributed by atoms with Gasteiger partial charge in [-0.2, -0.15) is 0 Å². The van der Waals surface area contributed by atoms with Crippen LogP contribution in [0.15, 0.2) is 29.6 Å². The predicted molar refractivity (Wildman–Crippen MR) is 94.9 cm³/mol. The highest BCUT2D eigenvalue weighted by atomic mass is 32.1. The minimum atomic E-state index is -0.444. The molecule has 1 aromatic carbocycles. The van der Waals surface area contributed by atoms with Crippen LogP contribution in [0.3, 0.4) is 0 Å². The highest BCUT2D eigenvalue weighted by Gasteiger charge is 2.14. The number of benzene rings is 1. The molecule has 0 atom stereocenters. The van der Waals surface area contributed by atoms with E-state index in [1.54, 1.807) is 23.6 Å². The van der Waals surface area contributed by atoms with E-state index in [9.17, 15) is 14.9 Å². The minimum Gasteiger partial charge on any atom is -0.388 e. The summed E-state index contributed by atoms with van der Waals surface area (Å²) >= 11 is 1.03. The molecule has 0 saturated heterocycles. The van der Waals surface area contributed by atoms with E-state index in [0.717, 1.165) is 11.3 Å². The van der Waals surface area contributed by atoms with Gasteiger partial charge >= 0.3 is 5.00 Å². The molecule has 2 aromatic heterocycles. The van der Waals surface area contributed by atoms with E-state index < -0.39 is 4.92 Å². The number of nitrogens with zero attached hydrogens (tertiary/aromatic N) is 2. The minimum absolute atomic E-state index is 0.0128. The lowest BCUT2D eigenvalue weighted by molar-refractivity contribution is -0.380. The Kier molecular flexibility index (Phi) is 4.44. The zero-order valence-electron chi connectivity index (χ0n) is 12.9. The van der Waals surface area contributed by atoms with Crippen molar-refractivity contribution in [1.82, 2.24) is 15.3 Å². The molecule has 0 unspecified atom stereocenters. The van der Waals surface area contributed by atoms with E-state index >= 15 is 0 Å². The van der Waals surface area contributed by atoms with Gasteiger partial charge in [0.25, 0.3) is 5.91 Å². The summed E-state index contributed by atoms with van der Waals surface area (Å²) in [5, 5.41) is 22.3. The van der Waals surface area contributed by atoms with Crippen LogP contribution in [-0.4, -0.2) is 33.2 Å². The van der Waals surface area contributed by atoms with Gasteiger partial charge in [0.1, 0.15) is 5.82 Å². The predicted octanol–water partition coefficient (Wildman–Crippen LogP) is 2.26. The van der Waals surface area contributed by atoms with E-state index in [0.29, 0.717) is 41.0 Å². The van der Waals surface area contributed by atoms with E-state index in [1.165, 1.54) is 6.07 Å². The SMILES string of the molecule is N=C(N)CCNC(=O)c1ccc2nc(-c3csc([N+](=O)[O-])c3)[nH]c2c1. The zero-order valence-corrected chi connectivity index (χ0v) is 13.7. The lowest BCUT2D eigenvalue weighted by Gasteiger charge is -2.04. The summed E-state index contributed by atoms with van der Waals surface area (Å²) < 4.78 is 0. The Morgan fingerprint density at radius 2 is 2.24 bits per heavy atom. The van der Waals surface area contributed by atoms with Gasteiger partial charge in [-0.3, -0.25) is 20.3 Å². The van der Waals surface area contributed by atoms with Gasteiger partial charge in [0, 0.05) is 35.5 Å². The number of aromatic amines is 1. The first kappa shape index (κ1) is 16.6. The number of carbonyl (C=O) groups is 1. The van der Waals surface area contributed by atoms with Crippen LogP contribution in [0.5, 0.6) is 0 Å². The number of nitro groups is 1. The van der Waals surface area contributed by atoms with Gasteiger partial charge in [-0.05, 0) is 18.2 Å². The molecule has 0 saturated carbocycles. The third-order valence-electron chi connectivity index (χ3n) is 3.46. The normalized spacial score (nSPS) is 10.7. The first-order chi connectivity index (χ1) is 11.9. The monoisotopic (exact) mass is 358 g/mol. The summed E-state index contributed by atoms with van der Waals surface area (Å²) in [4.78, 5) is 29.9. The Morgan fingerprint density at radius 3 is 2.92 bits per heavy atom. The number of thiophene rings is 1. The lowest BCUT2D eigenvalue weighted by atomic mass is 10.2. The van der Waals surface area contributed by atoms with Crippen LogP contribution < -0.4 is 11.1 Å². The van der Waals surface area contributed by atoms with Gasteiger partial charge in [-0.1, -0.05) is 11.3 Å². The van der Waals surface area contributed by atoms with Crippen LogP contribution in [0.1, 0.15) is 16.8 Å². The molecule has 3 rings (SSSR count). The van der Waals surface area contributed by atoms with E-state index in [1.807, 2.05) is 0 Å². The molecule has 3 aromatic rings. The van der Waals surface area contributed by atoms with E-state index in [2.05, 4.69) is 15.3 Å². The van der Waals surface area contributed by atoms with Crippen LogP contribution >= 0.6 is 11.3 Å². The molecule has 1 amide bonds. The third kappa shape index (κ3) is 3.63. The molecule has 0 bridgehead atoms. The second-order valence-electron chi connectivity index (χ2n) is 5.28. The Labute approximate surface area is 145 Å². The van der Waals surface area contributed by atoms with Crippen molar-refractivity contribution in [2.75, 3.05) is 6.54 Å². The van der Waals surface area contributed by atoms with Crippen LogP contribution in [-0.2, 0) is 0 Å². The maximum atomic E-state index is 12.1. The summed E-state index contributed by atoms with van der Waals surface area (Å²) in [7, 11) is 0. The molecule has 0 spiro atoms. The second-order valence-corrected chi connectivity index (χ2v) is 6.17. The van der Waals surface area contributed by atoms with Gasteiger partial charge in [0.2, 0.25) is 0 Å². The summed E-state index contributed by atoms with van der Waals surface area (Å²) in [6.45, 7) is 0.291. The maximum absolute atomic E-state index is 12.1. The van der Waals surface area contributed by atoms with Crippen molar-refractivity contribution in [3.63, 3.8) is 0 Å². The maximum Gasteiger partial charge on any atom is 0.324 e. The molecule has 0 aliphatic rings. The number of nitrogens with one attached hydrogen (secondary N) is 3.